The third kappa shape index (κ3) is 3.81. The van der Waals surface area contributed by atoms with Gasteiger partial charge in [-0.2, -0.15) is 0 Å². The summed E-state index contributed by atoms with van der Waals surface area (Å²) in [5, 5.41) is 13.3. The van der Waals surface area contributed by atoms with Crippen molar-refractivity contribution in [2.75, 3.05) is 23.8 Å². The molecule has 0 saturated heterocycles. The molecule has 0 spiro atoms. The topological polar surface area (TPSA) is 107 Å². The number of nitrogens with zero attached hydrogens (tertiary/aromatic N) is 3. The fourth-order valence-electron chi connectivity index (χ4n) is 2.69. The Bertz CT molecular complexity index is 1000. The zero-order chi connectivity index (χ0) is 18.6. The highest BCUT2D eigenvalue weighted by Gasteiger charge is 2.14. The van der Waals surface area contributed by atoms with E-state index >= 15 is 0 Å². The average molecular weight is 367 g/mol. The quantitative estimate of drug-likeness (QED) is 0.713. The van der Waals surface area contributed by atoms with Gasteiger partial charge < -0.3 is 14.8 Å². The molecule has 3 aromatic rings. The molecule has 0 atom stereocenters. The van der Waals surface area contributed by atoms with Gasteiger partial charge in [0, 0.05) is 30.8 Å². The molecule has 2 aromatic heterocycles. The SMILES string of the molecule is O=C(CCC(=O)Nc1nnc2ccccn12)Nc1ccc2c(c1)OCCO2. The summed E-state index contributed by atoms with van der Waals surface area (Å²) in [6.45, 7) is 0.983. The third-order valence-corrected chi connectivity index (χ3v) is 3.97. The number of amides is 2. The number of nitrogens with one attached hydrogen (secondary N) is 2. The minimum Gasteiger partial charge on any atom is -0.486 e. The van der Waals surface area contributed by atoms with Crippen molar-refractivity contribution in [3.05, 3.63) is 42.6 Å². The molecule has 1 aromatic carbocycles. The van der Waals surface area contributed by atoms with Crippen molar-refractivity contribution in [2.24, 2.45) is 0 Å². The molecule has 138 valence electrons. The molecule has 1 aliphatic rings. The van der Waals surface area contributed by atoms with Crippen molar-refractivity contribution in [3.63, 3.8) is 0 Å². The molecule has 3 heterocycles. The summed E-state index contributed by atoms with van der Waals surface area (Å²) >= 11 is 0. The number of rotatable bonds is 5. The van der Waals surface area contributed by atoms with E-state index in [1.165, 1.54) is 0 Å². The highest BCUT2D eigenvalue weighted by atomic mass is 16.6. The van der Waals surface area contributed by atoms with E-state index in [1.807, 2.05) is 12.1 Å². The van der Waals surface area contributed by atoms with Gasteiger partial charge in [-0.3, -0.25) is 19.3 Å². The van der Waals surface area contributed by atoms with Crippen LogP contribution in [0.15, 0.2) is 42.6 Å². The van der Waals surface area contributed by atoms with Gasteiger partial charge >= 0.3 is 0 Å². The number of fused-ring (bicyclic) bond motifs is 2. The summed E-state index contributed by atoms with van der Waals surface area (Å²) in [6.07, 6.45) is 1.81. The number of pyridine rings is 1. The standard InChI is InChI=1S/C18H17N5O4/c24-16(19-12-4-5-13-14(11-12)27-10-9-26-13)6-7-17(25)20-18-22-21-15-3-1-2-8-23(15)18/h1-5,8,11H,6-7,9-10H2,(H,19,24)(H,20,22,25). The van der Waals surface area contributed by atoms with Crippen LogP contribution in [0.3, 0.4) is 0 Å². The highest BCUT2D eigenvalue weighted by Crippen LogP contribution is 2.32. The van der Waals surface area contributed by atoms with Crippen molar-refractivity contribution < 1.29 is 19.1 Å². The Morgan fingerprint density at radius 3 is 2.59 bits per heavy atom. The van der Waals surface area contributed by atoms with Crippen LogP contribution in [0.25, 0.3) is 5.65 Å². The van der Waals surface area contributed by atoms with E-state index in [2.05, 4.69) is 20.8 Å². The number of carbonyl (C=O) groups is 2. The Morgan fingerprint density at radius 1 is 0.963 bits per heavy atom. The normalized spacial score (nSPS) is 12.6. The Kier molecular flexibility index (Phi) is 4.56. The number of hydrogen-bond donors (Lipinski definition) is 2. The van der Waals surface area contributed by atoms with Gasteiger partial charge in [-0.25, -0.2) is 0 Å². The lowest BCUT2D eigenvalue weighted by Crippen LogP contribution is -2.19. The zero-order valence-corrected chi connectivity index (χ0v) is 14.3. The molecule has 27 heavy (non-hydrogen) atoms. The van der Waals surface area contributed by atoms with E-state index in [4.69, 9.17) is 9.47 Å². The van der Waals surface area contributed by atoms with Gasteiger partial charge in [0.25, 0.3) is 0 Å². The van der Waals surface area contributed by atoms with Crippen LogP contribution in [0.2, 0.25) is 0 Å². The number of benzene rings is 1. The molecule has 0 radical (unpaired) electrons. The fraction of sp³-hybridized carbons (Fsp3) is 0.222. The van der Waals surface area contributed by atoms with Crippen molar-refractivity contribution >= 4 is 29.1 Å². The Morgan fingerprint density at radius 2 is 1.74 bits per heavy atom. The predicted molar refractivity (Wildman–Crippen MR) is 96.9 cm³/mol. The smallest absolute Gasteiger partial charge is 0.235 e. The van der Waals surface area contributed by atoms with Crippen LogP contribution in [-0.2, 0) is 9.59 Å². The van der Waals surface area contributed by atoms with Gasteiger partial charge in [-0.15, -0.1) is 10.2 Å². The molecular formula is C18H17N5O4. The number of anilines is 2. The Labute approximate surface area is 154 Å². The van der Waals surface area contributed by atoms with E-state index in [0.29, 0.717) is 42.0 Å². The molecule has 1 aliphatic heterocycles. The zero-order valence-electron chi connectivity index (χ0n) is 14.3. The van der Waals surface area contributed by atoms with Crippen molar-refractivity contribution in [1.29, 1.82) is 0 Å². The Hall–Kier alpha value is -3.62. The average Bonchev–Trinajstić information content (AvgIpc) is 3.09. The van der Waals surface area contributed by atoms with Crippen molar-refractivity contribution in [2.45, 2.75) is 12.8 Å². The summed E-state index contributed by atoms with van der Waals surface area (Å²) in [6, 6.07) is 10.6. The van der Waals surface area contributed by atoms with Gasteiger partial charge in [0.1, 0.15) is 13.2 Å². The number of aromatic nitrogens is 3. The molecule has 2 N–H and O–H groups in total. The number of ether oxygens (including phenoxy) is 2. The second-order valence-corrected chi connectivity index (χ2v) is 5.91. The lowest BCUT2D eigenvalue weighted by molar-refractivity contribution is -0.121. The maximum Gasteiger partial charge on any atom is 0.235 e. The highest BCUT2D eigenvalue weighted by molar-refractivity contribution is 5.96. The van der Waals surface area contributed by atoms with Gasteiger partial charge in [0.2, 0.25) is 17.8 Å². The van der Waals surface area contributed by atoms with Gasteiger partial charge in [-0.1, -0.05) is 6.07 Å². The molecule has 0 fully saturated rings. The molecule has 0 aliphatic carbocycles. The maximum atomic E-state index is 12.1. The second kappa shape index (κ2) is 7.32. The van der Waals surface area contributed by atoms with E-state index in [0.717, 1.165) is 0 Å². The number of carbonyl (C=O) groups excluding carboxylic acids is 2. The van der Waals surface area contributed by atoms with Gasteiger partial charge in [-0.05, 0) is 24.3 Å². The lowest BCUT2D eigenvalue weighted by Gasteiger charge is -2.19. The van der Waals surface area contributed by atoms with Crippen molar-refractivity contribution in [1.82, 2.24) is 14.6 Å². The number of hydrogen-bond acceptors (Lipinski definition) is 6. The van der Waals surface area contributed by atoms with Crippen LogP contribution in [-0.4, -0.2) is 39.6 Å². The first-order valence-corrected chi connectivity index (χ1v) is 8.48. The summed E-state index contributed by atoms with van der Waals surface area (Å²) in [5.74, 6) is 0.982. The van der Waals surface area contributed by atoms with E-state index in [1.54, 1.807) is 34.9 Å². The predicted octanol–water partition coefficient (Wildman–Crippen LogP) is 1.86. The van der Waals surface area contributed by atoms with Crippen LogP contribution >= 0.6 is 0 Å². The molecule has 9 heteroatoms. The minimum atomic E-state index is -0.314. The molecule has 0 unspecified atom stereocenters. The first-order valence-electron chi connectivity index (χ1n) is 8.48. The first-order chi connectivity index (χ1) is 13.2. The van der Waals surface area contributed by atoms with E-state index in [-0.39, 0.29) is 24.7 Å². The largest absolute Gasteiger partial charge is 0.486 e. The molecule has 0 bridgehead atoms. The van der Waals surface area contributed by atoms with Crippen LogP contribution in [0.4, 0.5) is 11.6 Å². The van der Waals surface area contributed by atoms with Gasteiger partial charge in [0.05, 0.1) is 0 Å². The van der Waals surface area contributed by atoms with E-state index in [9.17, 15) is 9.59 Å². The summed E-state index contributed by atoms with van der Waals surface area (Å²) in [4.78, 5) is 24.2. The van der Waals surface area contributed by atoms with Crippen LogP contribution < -0.4 is 20.1 Å². The van der Waals surface area contributed by atoms with Crippen LogP contribution in [0.1, 0.15) is 12.8 Å². The van der Waals surface area contributed by atoms with Crippen LogP contribution in [0, 0.1) is 0 Å². The van der Waals surface area contributed by atoms with Gasteiger partial charge in [0.15, 0.2) is 17.1 Å². The Balaban J connectivity index is 1.30. The third-order valence-electron chi connectivity index (χ3n) is 3.97. The fourth-order valence-corrected chi connectivity index (χ4v) is 2.69. The summed E-state index contributed by atoms with van der Waals surface area (Å²) < 4.78 is 12.6. The molecule has 2 amide bonds. The summed E-state index contributed by atoms with van der Waals surface area (Å²) in [7, 11) is 0. The van der Waals surface area contributed by atoms with E-state index < -0.39 is 0 Å². The lowest BCUT2D eigenvalue weighted by atomic mass is 10.2. The molecule has 4 rings (SSSR count). The summed E-state index contributed by atoms with van der Waals surface area (Å²) in [5.41, 5.74) is 1.22. The monoisotopic (exact) mass is 367 g/mol. The molecule has 0 saturated carbocycles. The maximum absolute atomic E-state index is 12.1. The van der Waals surface area contributed by atoms with Crippen molar-refractivity contribution in [3.8, 4) is 11.5 Å². The second-order valence-electron chi connectivity index (χ2n) is 5.91. The minimum absolute atomic E-state index is 0.0259. The molecular weight excluding hydrogens is 350 g/mol. The first kappa shape index (κ1) is 16.8. The molecule has 9 nitrogen and oxygen atoms in total. The van der Waals surface area contributed by atoms with Crippen LogP contribution in [0.5, 0.6) is 11.5 Å².